The molecule has 2 heterocycles. The molecule has 3 radical (unpaired) electrons. The third-order valence-electron chi connectivity index (χ3n) is 5.95. The fourth-order valence-corrected chi connectivity index (χ4v) is 4.66. The molecule has 0 saturated heterocycles. The number of aliphatic hydroxyl groups is 1. The average Bonchev–Trinajstić information content (AvgIpc) is 3.43. The molecular weight excluding hydrogens is 697 g/mol. The van der Waals surface area contributed by atoms with E-state index >= 15 is 0 Å². The van der Waals surface area contributed by atoms with E-state index in [0.717, 1.165) is 16.5 Å². The molecular formula is C30H27BClFN5O5SY-. The van der Waals surface area contributed by atoms with Gasteiger partial charge >= 0.3 is 0 Å². The number of halogens is 2. The molecule has 0 aliphatic heterocycles. The molecule has 0 aliphatic carbocycles. The summed E-state index contributed by atoms with van der Waals surface area (Å²) < 4.78 is 47.7. The van der Waals surface area contributed by atoms with Crippen molar-refractivity contribution in [2.75, 3.05) is 23.9 Å². The van der Waals surface area contributed by atoms with Crippen molar-refractivity contribution < 1.29 is 59.8 Å². The first-order valence-electron chi connectivity index (χ1n) is 13.1. The maximum atomic E-state index is 13.4. The molecule has 5 rings (SSSR count). The van der Waals surface area contributed by atoms with Gasteiger partial charge in [-0.15, -0.1) is 6.54 Å². The Morgan fingerprint density at radius 1 is 1.13 bits per heavy atom. The minimum atomic E-state index is -3.05. The Morgan fingerprint density at radius 2 is 1.91 bits per heavy atom. The second-order valence-corrected chi connectivity index (χ2v) is 12.2. The van der Waals surface area contributed by atoms with Crippen molar-refractivity contribution in [2.45, 2.75) is 13.2 Å². The molecule has 0 amide bonds. The van der Waals surface area contributed by atoms with Crippen LogP contribution in [0.15, 0.2) is 83.5 Å². The van der Waals surface area contributed by atoms with Crippen LogP contribution >= 0.6 is 11.6 Å². The van der Waals surface area contributed by atoms with E-state index in [0.29, 0.717) is 45.9 Å². The van der Waals surface area contributed by atoms with Crippen LogP contribution in [-0.2, 0) is 55.7 Å². The third-order valence-corrected chi connectivity index (χ3v) is 7.17. The number of ether oxygens (including phenoxy) is 1. The number of furan rings is 1. The molecule has 0 bridgehead atoms. The summed E-state index contributed by atoms with van der Waals surface area (Å²) in [7, 11) is 1.20. The first kappa shape index (κ1) is 36.1. The van der Waals surface area contributed by atoms with E-state index < -0.39 is 15.6 Å². The van der Waals surface area contributed by atoms with Crippen LogP contribution in [0.5, 0.6) is 5.75 Å². The van der Waals surface area contributed by atoms with Crippen LogP contribution in [0.3, 0.4) is 0 Å². The van der Waals surface area contributed by atoms with Crippen LogP contribution < -0.4 is 10.1 Å². The number of fused-ring (bicyclic) bond motifs is 1. The molecule has 45 heavy (non-hydrogen) atoms. The molecule has 15 heteroatoms. The van der Waals surface area contributed by atoms with Crippen molar-refractivity contribution in [3.8, 4) is 17.1 Å². The van der Waals surface area contributed by atoms with Gasteiger partial charge in [-0.2, -0.15) is 0 Å². The zero-order valence-electron chi connectivity index (χ0n) is 24.1. The summed E-state index contributed by atoms with van der Waals surface area (Å²) in [6.45, 7) is 0.704. The number of aromatic nitrogens is 2. The first-order chi connectivity index (χ1) is 21.0. The van der Waals surface area contributed by atoms with Crippen LogP contribution in [0.2, 0.25) is 5.02 Å². The maximum absolute atomic E-state index is 13.4. The molecule has 0 spiro atoms. The number of aliphatic hydroxyl groups excluding tert-OH is 1. The molecule has 0 saturated carbocycles. The molecule has 0 fully saturated rings. The van der Waals surface area contributed by atoms with Gasteiger partial charge in [0, 0.05) is 61.4 Å². The Balaban J connectivity index is 0.00000104. The minimum Gasteiger partial charge on any atom is -0.655 e. The Bertz CT molecular complexity index is 1880. The van der Waals surface area contributed by atoms with E-state index in [-0.39, 0.29) is 57.4 Å². The van der Waals surface area contributed by atoms with Gasteiger partial charge in [0.15, 0.2) is 7.85 Å². The largest absolute Gasteiger partial charge is 0.655 e. The van der Waals surface area contributed by atoms with Gasteiger partial charge in [0.25, 0.3) is 0 Å². The zero-order chi connectivity index (χ0) is 31.7. The van der Waals surface area contributed by atoms with Crippen LogP contribution in [-0.4, -0.2) is 55.7 Å². The second-order valence-electron chi connectivity index (χ2n) is 9.53. The molecule has 0 aliphatic rings. The van der Waals surface area contributed by atoms with Crippen molar-refractivity contribution in [2.24, 2.45) is 0 Å². The maximum Gasteiger partial charge on any atom is 0.195 e. The number of nitrogens with zero attached hydrogens (tertiary/aromatic N) is 3. The van der Waals surface area contributed by atoms with E-state index in [1.165, 1.54) is 24.7 Å². The molecule has 3 aromatic carbocycles. The Hall–Kier alpha value is -3.35. The fourth-order valence-electron chi connectivity index (χ4n) is 3.97. The van der Waals surface area contributed by atoms with Crippen LogP contribution in [0, 0.1) is 11.2 Å². The number of nitrogens with one attached hydrogen (secondary N) is 2. The zero-order valence-corrected chi connectivity index (χ0v) is 28.5. The topological polar surface area (TPSA) is 152 Å². The molecule has 5 aromatic rings. The van der Waals surface area contributed by atoms with E-state index in [9.17, 15) is 12.8 Å². The van der Waals surface area contributed by atoms with Crippen LogP contribution in [0.4, 0.5) is 15.9 Å². The third kappa shape index (κ3) is 11.5. The monoisotopic (exact) mass is 723 g/mol. The minimum absolute atomic E-state index is 0. The van der Waals surface area contributed by atoms with Crippen molar-refractivity contribution in [1.82, 2.24) is 9.97 Å². The predicted molar refractivity (Wildman–Crippen MR) is 170 cm³/mol. The number of sulfone groups is 1. The number of benzene rings is 3. The summed E-state index contributed by atoms with van der Waals surface area (Å²) in [5.74, 6) is 1.20. The summed E-state index contributed by atoms with van der Waals surface area (Å²) in [6.07, 6.45) is 2.67. The van der Waals surface area contributed by atoms with Gasteiger partial charge in [0.05, 0.1) is 16.3 Å². The van der Waals surface area contributed by atoms with Crippen LogP contribution in [0.1, 0.15) is 11.3 Å². The summed E-state index contributed by atoms with van der Waals surface area (Å²) in [6, 6.07) is 20.9. The van der Waals surface area contributed by atoms with Crippen molar-refractivity contribution in [1.29, 1.82) is 5.41 Å². The number of rotatable bonds is 11. The van der Waals surface area contributed by atoms with E-state index in [4.69, 9.17) is 31.3 Å². The Kier molecular flexibility index (Phi) is 13.5. The van der Waals surface area contributed by atoms with Gasteiger partial charge in [-0.3, -0.25) is 5.41 Å². The molecule has 229 valence electrons. The molecule has 2 aromatic heterocycles. The summed E-state index contributed by atoms with van der Waals surface area (Å²) >= 11 is 6.46. The Labute approximate surface area is 291 Å². The first-order valence-corrected chi connectivity index (χ1v) is 15.5. The molecule has 10 nitrogen and oxygen atoms in total. The van der Waals surface area contributed by atoms with E-state index in [1.807, 2.05) is 36.4 Å². The summed E-state index contributed by atoms with van der Waals surface area (Å²) in [4.78, 5) is 8.79. The fraction of sp³-hybridized carbons (Fsp3) is 0.167. The van der Waals surface area contributed by atoms with E-state index in [1.54, 1.807) is 24.3 Å². The number of anilines is 2. The van der Waals surface area contributed by atoms with Gasteiger partial charge < -0.3 is 24.9 Å². The van der Waals surface area contributed by atoms with Crippen molar-refractivity contribution in [3.63, 3.8) is 0 Å². The molecule has 0 unspecified atom stereocenters. The standard InChI is InChI=1S/C29H25ClFN4O4S.CH2BNO.Y/c1-40(36,37)12-11-32-16-23-7-10-27(39-23)20-5-8-26-24(14-20)29(34-18-33-26)35-22-6-9-28(25(30)15-22)38-17-19-3-2-4-21(31)13-19;2-1(3)4;/h2-10,13-15,18H,11-12,16-17H2,1H3,(H,33,34,35);(H2,3,4);/q-1;;. The van der Waals surface area contributed by atoms with Gasteiger partial charge in [0.2, 0.25) is 0 Å². The molecule has 0 atom stereocenters. The Morgan fingerprint density at radius 3 is 2.62 bits per heavy atom. The second kappa shape index (κ2) is 16.8. The van der Waals surface area contributed by atoms with E-state index in [2.05, 4.69) is 28.4 Å². The summed E-state index contributed by atoms with van der Waals surface area (Å²) in [5, 5.41) is 22.0. The van der Waals surface area contributed by atoms with Gasteiger partial charge in [-0.05, 0) is 66.2 Å². The van der Waals surface area contributed by atoms with Gasteiger partial charge in [0.1, 0.15) is 51.7 Å². The SMILES string of the molecule is CS(=O)(=O)CC[N-]Cc1ccc(-c2ccc3ncnc(Nc4ccc(OCc5cccc(F)c5)c(Cl)c4)c3c2)o1.[B]C(=N)O.[Y]. The smallest absolute Gasteiger partial charge is 0.195 e. The summed E-state index contributed by atoms with van der Waals surface area (Å²) in [5.41, 5.74) is 2.97. The molecule has 3 N–H and O–H groups in total. The van der Waals surface area contributed by atoms with Crippen LogP contribution in [0.25, 0.3) is 27.5 Å². The predicted octanol–water partition coefficient (Wildman–Crippen LogP) is 6.57. The number of hydrogen-bond donors (Lipinski definition) is 3. The number of hydrogen-bond acceptors (Lipinski definition) is 8. The van der Waals surface area contributed by atoms with Crippen molar-refractivity contribution in [3.05, 3.63) is 107 Å². The van der Waals surface area contributed by atoms with Crippen molar-refractivity contribution >= 4 is 57.5 Å². The quantitative estimate of drug-likeness (QED) is 0.0599. The van der Waals surface area contributed by atoms with Gasteiger partial charge in [-0.25, -0.2) is 22.8 Å². The van der Waals surface area contributed by atoms with Gasteiger partial charge in [-0.1, -0.05) is 30.3 Å². The normalized spacial score (nSPS) is 10.8. The average molecular weight is 724 g/mol.